The predicted octanol–water partition coefficient (Wildman–Crippen LogP) is 2.29. The van der Waals surface area contributed by atoms with Gasteiger partial charge in [-0.25, -0.2) is 9.18 Å². The Bertz CT molecular complexity index is 508. The van der Waals surface area contributed by atoms with Crippen LogP contribution in [-0.2, 0) is 11.3 Å². The molecule has 0 spiro atoms. The molecular weight excluding hydrogens is 275 g/mol. The van der Waals surface area contributed by atoms with Crippen LogP contribution in [0.1, 0.15) is 32.8 Å². The molecular formula is C15H21FN2O3. The summed E-state index contributed by atoms with van der Waals surface area (Å²) in [5.74, 6) is -0.558. The smallest absolute Gasteiger partial charge is 0.407 e. The zero-order valence-electron chi connectivity index (χ0n) is 12.4. The summed E-state index contributed by atoms with van der Waals surface area (Å²) in [7, 11) is 0. The van der Waals surface area contributed by atoms with Gasteiger partial charge in [0.2, 0.25) is 0 Å². The van der Waals surface area contributed by atoms with E-state index in [-0.39, 0.29) is 17.8 Å². The van der Waals surface area contributed by atoms with Crippen molar-refractivity contribution in [2.24, 2.45) is 0 Å². The first-order chi connectivity index (χ1) is 9.73. The number of alkyl carbamates (subject to hydrolysis) is 1. The van der Waals surface area contributed by atoms with Crippen molar-refractivity contribution in [3.8, 4) is 5.75 Å². The molecule has 21 heavy (non-hydrogen) atoms. The van der Waals surface area contributed by atoms with Crippen molar-refractivity contribution in [2.75, 3.05) is 0 Å². The van der Waals surface area contributed by atoms with Gasteiger partial charge in [-0.05, 0) is 44.9 Å². The lowest BCUT2D eigenvalue weighted by Crippen LogP contribution is -2.36. The summed E-state index contributed by atoms with van der Waals surface area (Å²) >= 11 is 0. The summed E-state index contributed by atoms with van der Waals surface area (Å²) in [5.41, 5.74) is 0.150. The topological polar surface area (TPSA) is 70.6 Å². The molecule has 0 heterocycles. The number of ether oxygens (including phenoxy) is 1. The molecule has 1 aromatic carbocycles. The monoisotopic (exact) mass is 296 g/mol. The number of amides is 1. The fourth-order valence-electron chi connectivity index (χ4n) is 2.02. The van der Waals surface area contributed by atoms with Crippen LogP contribution in [0, 0.1) is 5.82 Å². The molecule has 2 rings (SSSR count). The van der Waals surface area contributed by atoms with Crippen LogP contribution >= 0.6 is 0 Å². The van der Waals surface area contributed by atoms with Crippen molar-refractivity contribution in [3.05, 3.63) is 29.6 Å². The summed E-state index contributed by atoms with van der Waals surface area (Å²) in [6.45, 7) is 5.87. The van der Waals surface area contributed by atoms with E-state index in [0.717, 1.165) is 12.5 Å². The van der Waals surface area contributed by atoms with E-state index in [9.17, 15) is 14.3 Å². The number of phenols is 1. The van der Waals surface area contributed by atoms with Crippen molar-refractivity contribution in [1.82, 2.24) is 10.6 Å². The Morgan fingerprint density at radius 2 is 2.10 bits per heavy atom. The van der Waals surface area contributed by atoms with E-state index in [4.69, 9.17) is 4.74 Å². The van der Waals surface area contributed by atoms with Crippen molar-refractivity contribution in [3.63, 3.8) is 0 Å². The quantitative estimate of drug-likeness (QED) is 0.797. The maximum atomic E-state index is 13.1. The first-order valence-corrected chi connectivity index (χ1v) is 6.94. The number of rotatable bonds is 4. The Hall–Kier alpha value is -1.82. The van der Waals surface area contributed by atoms with Gasteiger partial charge in [0, 0.05) is 24.7 Å². The summed E-state index contributed by atoms with van der Waals surface area (Å²) in [6.07, 6.45) is 0.376. The minimum absolute atomic E-state index is 0.0296. The first-order valence-electron chi connectivity index (χ1n) is 6.94. The maximum absolute atomic E-state index is 13.1. The molecule has 0 aromatic heterocycles. The van der Waals surface area contributed by atoms with Crippen LogP contribution in [0.15, 0.2) is 18.2 Å². The summed E-state index contributed by atoms with van der Waals surface area (Å²) in [5, 5.41) is 15.3. The van der Waals surface area contributed by atoms with Gasteiger partial charge in [0.25, 0.3) is 0 Å². The maximum Gasteiger partial charge on any atom is 0.407 e. The Morgan fingerprint density at radius 1 is 1.38 bits per heavy atom. The van der Waals surface area contributed by atoms with E-state index in [1.54, 1.807) is 0 Å². The summed E-state index contributed by atoms with van der Waals surface area (Å²) < 4.78 is 18.3. The number of phenolic OH excluding ortho intramolecular Hbond substituents is 1. The van der Waals surface area contributed by atoms with E-state index >= 15 is 0 Å². The van der Waals surface area contributed by atoms with Crippen molar-refractivity contribution >= 4 is 6.09 Å². The molecule has 116 valence electrons. The molecule has 0 saturated heterocycles. The third-order valence-electron chi connectivity index (χ3n) is 3.00. The van der Waals surface area contributed by atoms with Crippen LogP contribution in [0.2, 0.25) is 0 Å². The second kappa shape index (κ2) is 5.89. The largest absolute Gasteiger partial charge is 0.508 e. The normalized spacial score (nSPS) is 21.0. The van der Waals surface area contributed by atoms with Crippen molar-refractivity contribution in [2.45, 2.75) is 51.4 Å². The van der Waals surface area contributed by atoms with Gasteiger partial charge in [-0.3, -0.25) is 0 Å². The third kappa shape index (κ3) is 5.23. The number of hydrogen-bond acceptors (Lipinski definition) is 4. The molecule has 0 bridgehead atoms. The molecule has 6 heteroatoms. The fraction of sp³-hybridized carbons (Fsp3) is 0.533. The molecule has 2 atom stereocenters. The Kier molecular flexibility index (Phi) is 4.37. The SMILES string of the molecule is CC(C)(C)OC(=O)NC1CC1NCc1cc(O)cc(F)c1. The Labute approximate surface area is 123 Å². The van der Waals surface area contributed by atoms with E-state index in [1.165, 1.54) is 12.1 Å². The Balaban J connectivity index is 1.73. The molecule has 1 aromatic rings. The molecule has 0 radical (unpaired) electrons. The highest BCUT2D eigenvalue weighted by Gasteiger charge is 2.38. The second-order valence-corrected chi connectivity index (χ2v) is 6.29. The van der Waals surface area contributed by atoms with Gasteiger partial charge in [-0.2, -0.15) is 0 Å². The standard InChI is InChI=1S/C15H21FN2O3/c1-15(2,3)21-14(20)18-13-7-12(13)17-8-9-4-10(16)6-11(19)5-9/h4-6,12-13,17,19H,7-8H2,1-3H3,(H,18,20). The van der Waals surface area contributed by atoms with Gasteiger partial charge in [0.15, 0.2) is 0 Å². The molecule has 1 fully saturated rings. The van der Waals surface area contributed by atoms with Gasteiger partial charge >= 0.3 is 6.09 Å². The number of hydrogen-bond donors (Lipinski definition) is 3. The van der Waals surface area contributed by atoms with Gasteiger partial charge in [-0.15, -0.1) is 0 Å². The number of halogens is 1. The molecule has 1 aliphatic carbocycles. The Morgan fingerprint density at radius 3 is 2.71 bits per heavy atom. The van der Waals surface area contributed by atoms with E-state index in [2.05, 4.69) is 10.6 Å². The summed E-state index contributed by atoms with van der Waals surface area (Å²) in [6, 6.07) is 4.11. The minimum atomic E-state index is -0.513. The number of aromatic hydroxyl groups is 1. The number of carbonyl (C=O) groups excluding carboxylic acids is 1. The van der Waals surface area contributed by atoms with E-state index in [1.807, 2.05) is 20.8 Å². The molecule has 5 nitrogen and oxygen atoms in total. The van der Waals surface area contributed by atoms with Crippen LogP contribution in [0.3, 0.4) is 0 Å². The highest BCUT2D eigenvalue weighted by molar-refractivity contribution is 5.68. The van der Waals surface area contributed by atoms with E-state index < -0.39 is 17.5 Å². The number of carbonyl (C=O) groups is 1. The van der Waals surface area contributed by atoms with Crippen molar-refractivity contribution < 1.29 is 19.0 Å². The van der Waals surface area contributed by atoms with Gasteiger partial charge in [0.05, 0.1) is 0 Å². The van der Waals surface area contributed by atoms with Crippen LogP contribution in [0.25, 0.3) is 0 Å². The number of benzene rings is 1. The van der Waals surface area contributed by atoms with Crippen LogP contribution in [0.5, 0.6) is 5.75 Å². The average Bonchev–Trinajstić information content (AvgIpc) is 3.00. The van der Waals surface area contributed by atoms with Gasteiger partial charge in [-0.1, -0.05) is 0 Å². The first kappa shape index (κ1) is 15.6. The molecule has 1 aliphatic rings. The van der Waals surface area contributed by atoms with Gasteiger partial charge in [0.1, 0.15) is 17.2 Å². The zero-order valence-corrected chi connectivity index (χ0v) is 12.4. The average molecular weight is 296 g/mol. The van der Waals surface area contributed by atoms with Crippen LogP contribution in [-0.4, -0.2) is 28.9 Å². The highest BCUT2D eigenvalue weighted by Crippen LogP contribution is 2.23. The second-order valence-electron chi connectivity index (χ2n) is 6.29. The van der Waals surface area contributed by atoms with Crippen LogP contribution in [0.4, 0.5) is 9.18 Å². The molecule has 1 amide bonds. The molecule has 3 N–H and O–H groups in total. The lowest BCUT2D eigenvalue weighted by Gasteiger charge is -2.19. The summed E-state index contributed by atoms with van der Waals surface area (Å²) in [4.78, 5) is 11.6. The third-order valence-corrected chi connectivity index (χ3v) is 3.00. The highest BCUT2D eigenvalue weighted by atomic mass is 19.1. The fourth-order valence-corrected chi connectivity index (χ4v) is 2.02. The lowest BCUT2D eigenvalue weighted by molar-refractivity contribution is 0.0522. The molecule has 2 unspecified atom stereocenters. The molecule has 1 saturated carbocycles. The van der Waals surface area contributed by atoms with E-state index in [0.29, 0.717) is 12.1 Å². The predicted molar refractivity (Wildman–Crippen MR) is 76.5 cm³/mol. The zero-order chi connectivity index (χ0) is 15.6. The minimum Gasteiger partial charge on any atom is -0.508 e. The lowest BCUT2D eigenvalue weighted by atomic mass is 10.2. The molecule has 0 aliphatic heterocycles. The van der Waals surface area contributed by atoms with Gasteiger partial charge < -0.3 is 20.5 Å². The van der Waals surface area contributed by atoms with Crippen LogP contribution < -0.4 is 10.6 Å². The van der Waals surface area contributed by atoms with Crippen molar-refractivity contribution in [1.29, 1.82) is 0 Å². The number of nitrogens with one attached hydrogen (secondary N) is 2.